The number of amides is 1. The van der Waals surface area contributed by atoms with Gasteiger partial charge < -0.3 is 10.3 Å². The van der Waals surface area contributed by atoms with Crippen molar-refractivity contribution < 1.29 is 4.79 Å². The van der Waals surface area contributed by atoms with Crippen LogP contribution in [-0.2, 0) is 17.9 Å². The maximum absolute atomic E-state index is 12.6. The fourth-order valence-electron chi connectivity index (χ4n) is 2.69. The highest BCUT2D eigenvalue weighted by molar-refractivity contribution is 9.10. The number of halogens is 1. The van der Waals surface area contributed by atoms with Gasteiger partial charge in [-0.2, -0.15) is 0 Å². The monoisotopic (exact) mass is 418 g/mol. The highest BCUT2D eigenvalue weighted by atomic mass is 79.9. The fraction of sp³-hybridized carbons (Fsp3) is 0.176. The topological polar surface area (TPSA) is 106 Å². The average Bonchev–Trinajstić information content (AvgIpc) is 2.62. The van der Waals surface area contributed by atoms with Gasteiger partial charge in [0.15, 0.2) is 0 Å². The second-order valence-corrected chi connectivity index (χ2v) is 6.46. The Morgan fingerprint density at radius 1 is 1.19 bits per heavy atom. The smallest absolute Gasteiger partial charge is 0.326 e. The molecule has 0 aliphatic rings. The molecule has 0 saturated heterocycles. The van der Waals surface area contributed by atoms with Gasteiger partial charge in [-0.25, -0.2) is 4.79 Å². The molecule has 0 atom stereocenters. The van der Waals surface area contributed by atoms with E-state index in [1.165, 1.54) is 16.8 Å². The van der Waals surface area contributed by atoms with Gasteiger partial charge in [0.2, 0.25) is 5.91 Å². The van der Waals surface area contributed by atoms with Crippen molar-refractivity contribution >= 4 is 38.4 Å². The van der Waals surface area contributed by atoms with Crippen molar-refractivity contribution in [2.75, 3.05) is 5.32 Å². The first-order valence-corrected chi connectivity index (χ1v) is 8.62. The van der Waals surface area contributed by atoms with Crippen LogP contribution in [0.5, 0.6) is 0 Å². The summed E-state index contributed by atoms with van der Waals surface area (Å²) in [5, 5.41) is 2.83. The lowest BCUT2D eigenvalue weighted by molar-refractivity contribution is -0.116. The molecule has 1 aromatic carbocycles. The molecule has 0 unspecified atom stereocenters. The molecule has 3 aromatic rings. The van der Waals surface area contributed by atoms with Gasteiger partial charge in [0, 0.05) is 17.2 Å². The summed E-state index contributed by atoms with van der Waals surface area (Å²) in [7, 11) is 0. The zero-order chi connectivity index (χ0) is 18.8. The molecule has 26 heavy (non-hydrogen) atoms. The minimum absolute atomic E-state index is 0.0607. The third-order valence-corrected chi connectivity index (χ3v) is 4.35. The lowest BCUT2D eigenvalue weighted by Gasteiger charge is -2.13. The summed E-state index contributed by atoms with van der Waals surface area (Å²) in [6, 6.07) is 8.06. The Labute approximate surface area is 155 Å². The van der Waals surface area contributed by atoms with E-state index in [-0.39, 0.29) is 18.8 Å². The van der Waals surface area contributed by atoms with Crippen molar-refractivity contribution in [1.82, 2.24) is 14.1 Å². The molecule has 0 aliphatic carbocycles. The average molecular weight is 419 g/mol. The molecule has 0 spiro atoms. The fourth-order valence-corrected chi connectivity index (χ4v) is 3.03. The van der Waals surface area contributed by atoms with Crippen LogP contribution in [0, 0.1) is 0 Å². The van der Waals surface area contributed by atoms with Crippen LogP contribution in [0.25, 0.3) is 10.9 Å². The minimum Gasteiger partial charge on any atom is -0.326 e. The van der Waals surface area contributed by atoms with E-state index in [1.807, 2.05) is 0 Å². The number of hydrogen-bond donors (Lipinski definition) is 2. The summed E-state index contributed by atoms with van der Waals surface area (Å²) in [6.45, 7) is 1.55. The summed E-state index contributed by atoms with van der Waals surface area (Å²) in [6.07, 6.45) is 1.45. The molecule has 2 N–H and O–H groups in total. The Morgan fingerprint density at radius 2 is 1.92 bits per heavy atom. The molecular formula is C17H15BrN4O4. The number of hydrogen-bond acceptors (Lipinski definition) is 4. The van der Waals surface area contributed by atoms with Crippen LogP contribution in [0.15, 0.2) is 55.4 Å². The van der Waals surface area contributed by atoms with E-state index in [2.05, 4.69) is 26.2 Å². The summed E-state index contributed by atoms with van der Waals surface area (Å²) < 4.78 is 2.89. The number of pyridine rings is 1. The number of H-pyrrole nitrogens is 1. The van der Waals surface area contributed by atoms with Crippen molar-refractivity contribution in [3.63, 3.8) is 0 Å². The van der Waals surface area contributed by atoms with Gasteiger partial charge in [-0.3, -0.25) is 23.5 Å². The number of aromatic nitrogens is 3. The number of rotatable bonds is 4. The quantitative estimate of drug-likeness (QED) is 0.665. The molecule has 0 radical (unpaired) electrons. The standard InChI is InChI=1S/C17H15BrN4O4/c1-2-21-16(25)11-5-3-4-6-13(11)22(17(21)26)9-14(23)20-12-7-10(18)8-19-15(12)24/h3-8H,2,9H2,1H3,(H,19,24)(H,20,23). The maximum Gasteiger partial charge on any atom is 0.331 e. The first-order chi connectivity index (χ1) is 12.4. The molecule has 8 nitrogen and oxygen atoms in total. The minimum atomic E-state index is -0.575. The Bertz CT molecular complexity index is 1180. The van der Waals surface area contributed by atoms with Crippen molar-refractivity contribution in [3.05, 3.63) is 72.2 Å². The third kappa shape index (κ3) is 3.25. The van der Waals surface area contributed by atoms with E-state index in [9.17, 15) is 19.2 Å². The van der Waals surface area contributed by atoms with E-state index < -0.39 is 22.7 Å². The molecule has 1 amide bonds. The number of para-hydroxylation sites is 1. The normalized spacial score (nSPS) is 10.8. The van der Waals surface area contributed by atoms with Gasteiger partial charge in [-0.1, -0.05) is 12.1 Å². The Balaban J connectivity index is 2.05. The van der Waals surface area contributed by atoms with Crippen LogP contribution >= 0.6 is 15.9 Å². The van der Waals surface area contributed by atoms with E-state index >= 15 is 0 Å². The number of fused-ring (bicyclic) bond motifs is 1. The number of nitrogens with one attached hydrogen (secondary N) is 2. The molecule has 2 aromatic heterocycles. The number of benzene rings is 1. The molecule has 3 rings (SSSR count). The van der Waals surface area contributed by atoms with Gasteiger partial charge >= 0.3 is 5.69 Å². The number of nitrogens with zero attached hydrogens (tertiary/aromatic N) is 2. The highest BCUT2D eigenvalue weighted by Gasteiger charge is 2.15. The van der Waals surface area contributed by atoms with Crippen LogP contribution in [0.2, 0.25) is 0 Å². The largest absolute Gasteiger partial charge is 0.331 e. The zero-order valence-electron chi connectivity index (χ0n) is 13.8. The maximum atomic E-state index is 12.6. The van der Waals surface area contributed by atoms with Crippen LogP contribution < -0.4 is 22.1 Å². The number of carbonyl (C=O) groups is 1. The number of anilines is 1. The predicted octanol–water partition coefficient (Wildman–Crippen LogP) is 1.27. The Morgan fingerprint density at radius 3 is 2.65 bits per heavy atom. The van der Waals surface area contributed by atoms with Gasteiger partial charge in [-0.05, 0) is 41.1 Å². The van der Waals surface area contributed by atoms with E-state index in [0.717, 1.165) is 4.57 Å². The summed E-state index contributed by atoms with van der Waals surface area (Å²) in [4.78, 5) is 51.7. The molecule has 134 valence electrons. The predicted molar refractivity (Wildman–Crippen MR) is 102 cm³/mol. The SMILES string of the molecule is CCn1c(=O)c2ccccc2n(CC(=O)Nc2cc(Br)c[nH]c2=O)c1=O. The van der Waals surface area contributed by atoms with E-state index in [0.29, 0.717) is 15.4 Å². The van der Waals surface area contributed by atoms with Gasteiger partial charge in [0.25, 0.3) is 11.1 Å². The second-order valence-electron chi connectivity index (χ2n) is 5.54. The van der Waals surface area contributed by atoms with Gasteiger partial charge in [0.1, 0.15) is 12.2 Å². The second kappa shape index (κ2) is 7.12. The summed E-state index contributed by atoms with van der Waals surface area (Å²) >= 11 is 3.21. The van der Waals surface area contributed by atoms with Crippen molar-refractivity contribution in [2.45, 2.75) is 20.0 Å². The van der Waals surface area contributed by atoms with Crippen LogP contribution in [-0.4, -0.2) is 20.0 Å². The third-order valence-electron chi connectivity index (χ3n) is 3.89. The highest BCUT2D eigenvalue weighted by Crippen LogP contribution is 2.11. The molecule has 9 heteroatoms. The number of aromatic amines is 1. The Kier molecular flexibility index (Phi) is 4.90. The molecule has 0 bridgehead atoms. The van der Waals surface area contributed by atoms with Crippen LogP contribution in [0.1, 0.15) is 6.92 Å². The molecule has 0 aliphatic heterocycles. The first kappa shape index (κ1) is 17.9. The van der Waals surface area contributed by atoms with Crippen LogP contribution in [0.4, 0.5) is 5.69 Å². The molecule has 0 saturated carbocycles. The van der Waals surface area contributed by atoms with E-state index in [1.54, 1.807) is 31.2 Å². The van der Waals surface area contributed by atoms with Crippen molar-refractivity contribution in [2.24, 2.45) is 0 Å². The van der Waals surface area contributed by atoms with Crippen molar-refractivity contribution in [3.8, 4) is 0 Å². The van der Waals surface area contributed by atoms with E-state index in [4.69, 9.17) is 0 Å². The zero-order valence-corrected chi connectivity index (χ0v) is 15.4. The summed E-state index contributed by atoms with van der Waals surface area (Å²) in [5.74, 6) is -0.554. The van der Waals surface area contributed by atoms with Crippen molar-refractivity contribution in [1.29, 1.82) is 0 Å². The first-order valence-electron chi connectivity index (χ1n) is 7.83. The molecule has 0 fully saturated rings. The van der Waals surface area contributed by atoms with Crippen LogP contribution in [0.3, 0.4) is 0 Å². The molecular weight excluding hydrogens is 404 g/mol. The Hall–Kier alpha value is -2.94. The summed E-state index contributed by atoms with van der Waals surface area (Å²) in [5.41, 5.74) is -1.00. The lowest BCUT2D eigenvalue weighted by atomic mass is 10.2. The van der Waals surface area contributed by atoms with Gasteiger partial charge in [0.05, 0.1) is 10.9 Å². The number of carbonyl (C=O) groups excluding carboxylic acids is 1. The molecule has 2 heterocycles. The lowest BCUT2D eigenvalue weighted by Crippen LogP contribution is -2.41. The van der Waals surface area contributed by atoms with Gasteiger partial charge in [-0.15, -0.1) is 0 Å².